The number of rotatable bonds is 16. The number of unbranched alkanes of at least 4 members (excludes halogenated alkanes) is 11. The predicted molar refractivity (Wildman–Crippen MR) is 90.5 cm³/mol. The fraction of sp³-hybridized carbons (Fsp3) is 0.833. The van der Waals surface area contributed by atoms with Gasteiger partial charge in [0.1, 0.15) is 0 Å². The van der Waals surface area contributed by atoms with Crippen LogP contribution in [-0.2, 0) is 4.79 Å². The van der Waals surface area contributed by atoms with Crippen LogP contribution in [-0.4, -0.2) is 17.6 Å². The maximum Gasteiger partial charge on any atom is 0.303 e. The molecule has 0 aromatic heterocycles. The van der Waals surface area contributed by atoms with Gasteiger partial charge in [0.2, 0.25) is 0 Å². The Morgan fingerprint density at radius 3 is 1.62 bits per heavy atom. The molecule has 0 amide bonds. The zero-order chi connectivity index (χ0) is 15.6. The lowest BCUT2D eigenvalue weighted by Crippen LogP contribution is -1.97. The van der Waals surface area contributed by atoms with Crippen LogP contribution >= 0.6 is 0 Å². The topological polar surface area (TPSA) is 63.3 Å². The van der Waals surface area contributed by atoms with Crippen LogP contribution < -0.4 is 5.73 Å². The number of carboxylic acids is 1. The minimum absolute atomic E-state index is 0.326. The van der Waals surface area contributed by atoms with Gasteiger partial charge >= 0.3 is 5.97 Å². The minimum Gasteiger partial charge on any atom is -0.481 e. The Morgan fingerprint density at radius 1 is 0.714 bits per heavy atom. The minimum atomic E-state index is -0.669. The summed E-state index contributed by atoms with van der Waals surface area (Å²) in [4.78, 5) is 10.3. The average molecular weight is 297 g/mol. The predicted octanol–water partition coefficient (Wildman–Crippen LogP) is 5.05. The van der Waals surface area contributed by atoms with E-state index < -0.39 is 5.97 Å². The van der Waals surface area contributed by atoms with Crippen molar-refractivity contribution in [1.29, 1.82) is 0 Å². The molecule has 3 heteroatoms. The zero-order valence-corrected chi connectivity index (χ0v) is 13.7. The fourth-order valence-corrected chi connectivity index (χ4v) is 2.42. The van der Waals surface area contributed by atoms with Crippen molar-refractivity contribution in [3.05, 3.63) is 12.2 Å². The summed E-state index contributed by atoms with van der Waals surface area (Å²) in [5, 5.41) is 8.51. The Morgan fingerprint density at radius 2 is 1.14 bits per heavy atom. The first kappa shape index (κ1) is 20.2. The fourth-order valence-electron chi connectivity index (χ4n) is 2.42. The number of allylic oxidation sites excluding steroid dienone is 2. The van der Waals surface area contributed by atoms with E-state index in [9.17, 15) is 4.79 Å². The Balaban J connectivity index is 3.07. The molecule has 0 aromatic carbocycles. The Bertz CT molecular complexity index is 252. The Hall–Kier alpha value is -0.830. The Labute approximate surface area is 131 Å². The van der Waals surface area contributed by atoms with Crippen LogP contribution in [0, 0.1) is 0 Å². The third-order valence-corrected chi connectivity index (χ3v) is 3.75. The second kappa shape index (κ2) is 17.2. The van der Waals surface area contributed by atoms with E-state index in [1.54, 1.807) is 0 Å². The summed E-state index contributed by atoms with van der Waals surface area (Å²) in [5.41, 5.74) is 5.46. The summed E-state index contributed by atoms with van der Waals surface area (Å²) in [7, 11) is 0. The van der Waals surface area contributed by atoms with E-state index in [1.165, 1.54) is 70.6 Å². The molecule has 0 bridgehead atoms. The largest absolute Gasteiger partial charge is 0.481 e. The smallest absolute Gasteiger partial charge is 0.303 e. The van der Waals surface area contributed by atoms with Crippen molar-refractivity contribution in [3.63, 3.8) is 0 Å². The number of carboxylic acid groups (broad SMARTS) is 1. The molecule has 0 aliphatic heterocycles. The lowest BCUT2D eigenvalue weighted by atomic mass is 10.1. The number of hydrogen-bond acceptors (Lipinski definition) is 2. The molecule has 124 valence electrons. The molecule has 0 atom stereocenters. The van der Waals surface area contributed by atoms with Gasteiger partial charge in [0.15, 0.2) is 0 Å². The summed E-state index contributed by atoms with van der Waals surface area (Å²) in [6.07, 6.45) is 20.7. The van der Waals surface area contributed by atoms with Crippen molar-refractivity contribution in [3.8, 4) is 0 Å². The van der Waals surface area contributed by atoms with Crippen molar-refractivity contribution in [1.82, 2.24) is 0 Å². The van der Waals surface area contributed by atoms with E-state index in [0.29, 0.717) is 6.42 Å². The summed E-state index contributed by atoms with van der Waals surface area (Å²) in [6.45, 7) is 0.836. The molecule has 0 radical (unpaired) electrons. The van der Waals surface area contributed by atoms with Gasteiger partial charge in [0, 0.05) is 6.42 Å². The van der Waals surface area contributed by atoms with Crippen LogP contribution in [0.1, 0.15) is 89.9 Å². The maximum absolute atomic E-state index is 10.3. The van der Waals surface area contributed by atoms with Gasteiger partial charge in [-0.1, -0.05) is 57.1 Å². The third kappa shape index (κ3) is 19.2. The first-order valence-corrected chi connectivity index (χ1v) is 8.84. The van der Waals surface area contributed by atoms with Crippen LogP contribution in [0.5, 0.6) is 0 Å². The SMILES string of the molecule is NCCCCCCCC/C=C/CCCCCCCC(=O)O. The summed E-state index contributed by atoms with van der Waals surface area (Å²) in [5.74, 6) is -0.669. The molecule has 3 nitrogen and oxygen atoms in total. The van der Waals surface area contributed by atoms with Gasteiger partial charge in [0.25, 0.3) is 0 Å². The van der Waals surface area contributed by atoms with Gasteiger partial charge < -0.3 is 10.8 Å². The van der Waals surface area contributed by atoms with Crippen LogP contribution in [0.3, 0.4) is 0 Å². The molecule has 0 rings (SSSR count). The van der Waals surface area contributed by atoms with Crippen molar-refractivity contribution in [2.75, 3.05) is 6.54 Å². The number of nitrogens with two attached hydrogens (primary N) is 1. The van der Waals surface area contributed by atoms with Gasteiger partial charge in [-0.25, -0.2) is 0 Å². The maximum atomic E-state index is 10.3. The molecule has 0 heterocycles. The lowest BCUT2D eigenvalue weighted by molar-refractivity contribution is -0.137. The monoisotopic (exact) mass is 297 g/mol. The molecule has 0 saturated carbocycles. The zero-order valence-electron chi connectivity index (χ0n) is 13.7. The van der Waals surface area contributed by atoms with Crippen LogP contribution in [0.25, 0.3) is 0 Å². The van der Waals surface area contributed by atoms with Gasteiger partial charge in [-0.05, 0) is 45.1 Å². The molecule has 0 spiro atoms. The van der Waals surface area contributed by atoms with Gasteiger partial charge in [0.05, 0.1) is 0 Å². The van der Waals surface area contributed by atoms with Crippen LogP contribution in [0.15, 0.2) is 12.2 Å². The molecular weight excluding hydrogens is 262 g/mol. The highest BCUT2D eigenvalue weighted by atomic mass is 16.4. The molecule has 0 saturated heterocycles. The first-order chi connectivity index (χ1) is 10.3. The number of hydrogen-bond donors (Lipinski definition) is 2. The normalized spacial score (nSPS) is 11.3. The molecule has 0 aromatic rings. The molecule has 0 aliphatic carbocycles. The quantitative estimate of drug-likeness (QED) is 0.309. The summed E-state index contributed by atoms with van der Waals surface area (Å²) in [6, 6.07) is 0. The first-order valence-electron chi connectivity index (χ1n) is 8.84. The van der Waals surface area contributed by atoms with Crippen LogP contribution in [0.4, 0.5) is 0 Å². The number of carbonyl (C=O) groups is 1. The summed E-state index contributed by atoms with van der Waals surface area (Å²) >= 11 is 0. The van der Waals surface area contributed by atoms with Crippen molar-refractivity contribution < 1.29 is 9.90 Å². The van der Waals surface area contributed by atoms with Gasteiger partial charge in [-0.3, -0.25) is 4.79 Å². The molecular formula is C18H35NO2. The van der Waals surface area contributed by atoms with Crippen molar-refractivity contribution >= 4 is 5.97 Å². The molecule has 0 fully saturated rings. The van der Waals surface area contributed by atoms with Crippen LogP contribution in [0.2, 0.25) is 0 Å². The molecule has 0 unspecified atom stereocenters. The highest BCUT2D eigenvalue weighted by molar-refractivity contribution is 5.66. The second-order valence-electron chi connectivity index (χ2n) is 5.87. The highest BCUT2D eigenvalue weighted by Gasteiger charge is 1.95. The van der Waals surface area contributed by atoms with E-state index in [0.717, 1.165) is 19.4 Å². The van der Waals surface area contributed by atoms with Crippen molar-refractivity contribution in [2.45, 2.75) is 89.9 Å². The van der Waals surface area contributed by atoms with Gasteiger partial charge in [-0.15, -0.1) is 0 Å². The van der Waals surface area contributed by atoms with E-state index in [2.05, 4.69) is 12.2 Å². The summed E-state index contributed by atoms with van der Waals surface area (Å²) < 4.78 is 0. The lowest BCUT2D eigenvalue weighted by Gasteiger charge is -1.99. The number of aliphatic carboxylic acids is 1. The molecule has 3 N–H and O–H groups in total. The third-order valence-electron chi connectivity index (χ3n) is 3.75. The van der Waals surface area contributed by atoms with Crippen molar-refractivity contribution in [2.24, 2.45) is 5.73 Å². The van der Waals surface area contributed by atoms with E-state index in [4.69, 9.17) is 10.8 Å². The standard InChI is InChI=1S/C18H35NO2/c19-17-15-13-11-9-7-5-3-1-2-4-6-8-10-12-14-16-18(20)21/h1-2H,3-17,19H2,(H,20,21)/b2-1+. The van der Waals surface area contributed by atoms with E-state index in [-0.39, 0.29) is 0 Å². The molecule has 21 heavy (non-hydrogen) atoms. The molecule has 0 aliphatic rings. The van der Waals surface area contributed by atoms with E-state index >= 15 is 0 Å². The highest BCUT2D eigenvalue weighted by Crippen LogP contribution is 2.09. The second-order valence-corrected chi connectivity index (χ2v) is 5.87. The average Bonchev–Trinajstić information content (AvgIpc) is 2.46. The Kier molecular flexibility index (Phi) is 16.5. The van der Waals surface area contributed by atoms with E-state index in [1.807, 2.05) is 0 Å². The van der Waals surface area contributed by atoms with Gasteiger partial charge in [-0.2, -0.15) is 0 Å².